The molecule has 3 aromatic rings. The Morgan fingerprint density at radius 3 is 2.28 bits per heavy atom. The first-order chi connectivity index (χ1) is 12.3. The predicted octanol–water partition coefficient (Wildman–Crippen LogP) is 3.71. The molecule has 3 aromatic carbocycles. The van der Waals surface area contributed by atoms with E-state index in [4.69, 9.17) is 4.74 Å². The predicted molar refractivity (Wildman–Crippen MR) is 104 cm³/mol. The number of guanidine groups is 1. The highest BCUT2D eigenvalue weighted by Gasteiger charge is 2.01. The molecule has 0 radical (unpaired) electrons. The molecule has 0 spiro atoms. The summed E-state index contributed by atoms with van der Waals surface area (Å²) in [5, 5.41) is 9.19. The Morgan fingerprint density at radius 1 is 0.840 bits per heavy atom. The van der Waals surface area contributed by atoms with Crippen LogP contribution in [0, 0.1) is 0 Å². The van der Waals surface area contributed by atoms with E-state index in [1.165, 1.54) is 16.3 Å². The van der Waals surface area contributed by atoms with Gasteiger partial charge in [0.2, 0.25) is 0 Å². The van der Waals surface area contributed by atoms with E-state index in [0.29, 0.717) is 6.54 Å². The number of nitrogens with one attached hydrogen (secondary N) is 2. The third-order valence-electron chi connectivity index (χ3n) is 4.09. The molecule has 2 N–H and O–H groups in total. The number of rotatable bonds is 5. The molecule has 0 fully saturated rings. The van der Waals surface area contributed by atoms with Crippen LogP contribution in [0.3, 0.4) is 0 Å². The fraction of sp³-hybridized carbons (Fsp3) is 0.190. The molecule has 0 bridgehead atoms. The van der Waals surface area contributed by atoms with Crippen molar-refractivity contribution in [2.45, 2.75) is 13.1 Å². The maximum atomic E-state index is 5.25. The molecule has 4 nitrogen and oxygen atoms in total. The first-order valence-corrected chi connectivity index (χ1v) is 8.33. The molecule has 0 atom stereocenters. The number of aliphatic imine (C=N–C) groups is 1. The molecular weight excluding hydrogens is 310 g/mol. The van der Waals surface area contributed by atoms with Crippen LogP contribution in [0.5, 0.6) is 5.75 Å². The summed E-state index contributed by atoms with van der Waals surface area (Å²) in [6.07, 6.45) is 0. The molecule has 0 aliphatic rings. The van der Waals surface area contributed by atoms with Gasteiger partial charge in [0.15, 0.2) is 5.96 Å². The average Bonchev–Trinajstić information content (AvgIpc) is 2.68. The molecule has 4 heteroatoms. The van der Waals surface area contributed by atoms with Crippen LogP contribution < -0.4 is 15.4 Å². The molecule has 0 unspecified atom stereocenters. The van der Waals surface area contributed by atoms with Gasteiger partial charge in [0.1, 0.15) is 5.75 Å². The van der Waals surface area contributed by atoms with Crippen molar-refractivity contribution in [3.8, 4) is 5.75 Å². The van der Waals surface area contributed by atoms with Gasteiger partial charge in [0.05, 0.1) is 7.11 Å². The molecule has 0 saturated heterocycles. The molecule has 0 aliphatic heterocycles. The number of benzene rings is 3. The standard InChI is InChI=1S/C21H23N3O/c1-22-21(23-14-16-6-5-9-20(13-16)25-2)24-15-17-10-11-18-7-3-4-8-19(18)12-17/h3-13H,14-15H2,1-2H3,(H2,22,23,24). The largest absolute Gasteiger partial charge is 0.497 e. The van der Waals surface area contributed by atoms with Gasteiger partial charge < -0.3 is 15.4 Å². The maximum Gasteiger partial charge on any atom is 0.191 e. The lowest BCUT2D eigenvalue weighted by molar-refractivity contribution is 0.414. The van der Waals surface area contributed by atoms with Crippen molar-refractivity contribution >= 4 is 16.7 Å². The van der Waals surface area contributed by atoms with Crippen LogP contribution in [-0.4, -0.2) is 20.1 Å². The highest BCUT2D eigenvalue weighted by molar-refractivity contribution is 5.83. The summed E-state index contributed by atoms with van der Waals surface area (Å²) in [4.78, 5) is 4.29. The summed E-state index contributed by atoms with van der Waals surface area (Å²) in [5.41, 5.74) is 2.37. The molecule has 0 saturated carbocycles. The lowest BCUT2D eigenvalue weighted by atomic mass is 10.1. The van der Waals surface area contributed by atoms with Gasteiger partial charge in [-0.2, -0.15) is 0 Å². The summed E-state index contributed by atoms with van der Waals surface area (Å²) in [6.45, 7) is 1.41. The molecule has 128 valence electrons. The van der Waals surface area contributed by atoms with Crippen molar-refractivity contribution in [1.82, 2.24) is 10.6 Å². The number of fused-ring (bicyclic) bond motifs is 1. The number of hydrogen-bond acceptors (Lipinski definition) is 2. The Hall–Kier alpha value is -3.01. The van der Waals surface area contributed by atoms with Crippen LogP contribution in [0.4, 0.5) is 0 Å². The average molecular weight is 333 g/mol. The quantitative estimate of drug-likeness (QED) is 0.553. The Balaban J connectivity index is 1.58. The highest BCUT2D eigenvalue weighted by atomic mass is 16.5. The first-order valence-electron chi connectivity index (χ1n) is 8.33. The second kappa shape index (κ2) is 8.20. The van der Waals surface area contributed by atoms with E-state index in [2.05, 4.69) is 64.2 Å². The third kappa shape index (κ3) is 4.51. The maximum absolute atomic E-state index is 5.25. The molecule has 0 heterocycles. The van der Waals surface area contributed by atoms with Crippen molar-refractivity contribution in [3.63, 3.8) is 0 Å². The number of nitrogens with zero attached hydrogens (tertiary/aromatic N) is 1. The van der Waals surface area contributed by atoms with Gasteiger partial charge in [-0.15, -0.1) is 0 Å². The second-order valence-corrected chi connectivity index (χ2v) is 5.81. The Morgan fingerprint density at radius 2 is 1.56 bits per heavy atom. The number of ether oxygens (including phenoxy) is 1. The SMILES string of the molecule is CN=C(NCc1cccc(OC)c1)NCc1ccc2ccccc2c1. The lowest BCUT2D eigenvalue weighted by Crippen LogP contribution is -2.36. The zero-order chi connectivity index (χ0) is 17.5. The van der Waals surface area contributed by atoms with Crippen LogP contribution in [0.25, 0.3) is 10.8 Å². The highest BCUT2D eigenvalue weighted by Crippen LogP contribution is 2.15. The van der Waals surface area contributed by atoms with Crippen LogP contribution in [0.1, 0.15) is 11.1 Å². The minimum Gasteiger partial charge on any atom is -0.497 e. The fourth-order valence-corrected chi connectivity index (χ4v) is 2.72. The number of methoxy groups -OCH3 is 1. The summed E-state index contributed by atoms with van der Waals surface area (Å²) in [5.74, 6) is 1.63. The zero-order valence-corrected chi connectivity index (χ0v) is 14.6. The van der Waals surface area contributed by atoms with Crippen LogP contribution in [0.2, 0.25) is 0 Å². The molecule has 0 aromatic heterocycles. The van der Waals surface area contributed by atoms with E-state index in [-0.39, 0.29) is 0 Å². The van der Waals surface area contributed by atoms with Gasteiger partial charge in [0, 0.05) is 20.1 Å². The van der Waals surface area contributed by atoms with Gasteiger partial charge in [-0.1, -0.05) is 48.5 Å². The van der Waals surface area contributed by atoms with Gasteiger partial charge in [0.25, 0.3) is 0 Å². The molecule has 0 aliphatic carbocycles. The first kappa shape index (κ1) is 16.8. The molecule has 0 amide bonds. The molecular formula is C21H23N3O. The monoisotopic (exact) mass is 333 g/mol. The van der Waals surface area contributed by atoms with Crippen molar-refractivity contribution in [3.05, 3.63) is 77.9 Å². The van der Waals surface area contributed by atoms with Gasteiger partial charge in [-0.05, 0) is 40.1 Å². The van der Waals surface area contributed by atoms with E-state index >= 15 is 0 Å². The van der Waals surface area contributed by atoms with E-state index < -0.39 is 0 Å². The summed E-state index contributed by atoms with van der Waals surface area (Å²) in [7, 11) is 3.46. The van der Waals surface area contributed by atoms with E-state index in [9.17, 15) is 0 Å². The van der Waals surface area contributed by atoms with Crippen LogP contribution in [-0.2, 0) is 13.1 Å². The second-order valence-electron chi connectivity index (χ2n) is 5.81. The van der Waals surface area contributed by atoms with E-state index in [0.717, 1.165) is 23.8 Å². The van der Waals surface area contributed by atoms with E-state index in [1.54, 1.807) is 14.2 Å². The summed E-state index contributed by atoms with van der Waals surface area (Å²) in [6, 6.07) is 22.9. The topological polar surface area (TPSA) is 45.7 Å². The van der Waals surface area contributed by atoms with Crippen molar-refractivity contribution in [2.75, 3.05) is 14.2 Å². The van der Waals surface area contributed by atoms with Gasteiger partial charge in [-0.3, -0.25) is 4.99 Å². The minimum atomic E-state index is 0.689. The summed E-state index contributed by atoms with van der Waals surface area (Å²) >= 11 is 0. The molecule has 25 heavy (non-hydrogen) atoms. The zero-order valence-electron chi connectivity index (χ0n) is 14.6. The normalized spacial score (nSPS) is 11.4. The summed E-state index contributed by atoms with van der Waals surface area (Å²) < 4.78 is 5.25. The van der Waals surface area contributed by atoms with Crippen molar-refractivity contribution < 1.29 is 4.74 Å². The van der Waals surface area contributed by atoms with Gasteiger partial charge >= 0.3 is 0 Å². The van der Waals surface area contributed by atoms with Crippen molar-refractivity contribution in [1.29, 1.82) is 0 Å². The smallest absolute Gasteiger partial charge is 0.191 e. The Labute approximate surface area is 148 Å². The Bertz CT molecular complexity index is 874. The minimum absolute atomic E-state index is 0.689. The number of hydrogen-bond donors (Lipinski definition) is 2. The van der Waals surface area contributed by atoms with Gasteiger partial charge in [-0.25, -0.2) is 0 Å². The lowest BCUT2D eigenvalue weighted by Gasteiger charge is -2.13. The Kier molecular flexibility index (Phi) is 5.52. The molecule has 3 rings (SSSR count). The van der Waals surface area contributed by atoms with Crippen molar-refractivity contribution in [2.24, 2.45) is 4.99 Å². The van der Waals surface area contributed by atoms with E-state index in [1.807, 2.05) is 18.2 Å². The third-order valence-corrected chi connectivity index (χ3v) is 4.09. The van der Waals surface area contributed by atoms with Crippen LogP contribution >= 0.6 is 0 Å². The van der Waals surface area contributed by atoms with Crippen LogP contribution in [0.15, 0.2) is 71.7 Å². The fourth-order valence-electron chi connectivity index (χ4n) is 2.72.